The first kappa shape index (κ1) is 16.9. The number of nitrogens with zero attached hydrogens (tertiary/aromatic N) is 3. The largest absolute Gasteiger partial charge is 0.300 e. The molecule has 0 aliphatic heterocycles. The second-order valence-electron chi connectivity index (χ2n) is 5.55. The minimum Gasteiger partial charge on any atom is -0.300 e. The van der Waals surface area contributed by atoms with Crippen LogP contribution in [0.25, 0.3) is 10.9 Å². The molecule has 2 heterocycles. The minimum atomic E-state index is -0.745. The Hall–Kier alpha value is -2.58. The number of carbonyl (C=O) groups is 1. The van der Waals surface area contributed by atoms with Crippen LogP contribution in [0.5, 0.6) is 0 Å². The molecule has 8 heteroatoms. The smallest absolute Gasteiger partial charge is 0.255 e. The summed E-state index contributed by atoms with van der Waals surface area (Å²) in [6, 6.07) is 11.9. The summed E-state index contributed by atoms with van der Waals surface area (Å²) in [6.45, 7) is 0. The Balaban J connectivity index is 1.80. The first-order valence-corrected chi connectivity index (χ1v) is 9.39. The zero-order valence-electron chi connectivity index (χ0n) is 13.3. The molecule has 4 aromatic rings. The van der Waals surface area contributed by atoms with Crippen molar-refractivity contribution in [1.82, 2.24) is 14.8 Å². The number of nitrogens with one attached hydrogen (secondary N) is 1. The fraction of sp³-hybridized carbons (Fsp3) is 0.0556. The van der Waals surface area contributed by atoms with Crippen molar-refractivity contribution >= 4 is 49.2 Å². The van der Waals surface area contributed by atoms with Crippen molar-refractivity contribution < 1.29 is 9.18 Å². The van der Waals surface area contributed by atoms with Gasteiger partial charge < -0.3 is 0 Å². The Morgan fingerprint density at radius 2 is 2.04 bits per heavy atom. The van der Waals surface area contributed by atoms with Gasteiger partial charge in [0.25, 0.3) is 5.91 Å². The van der Waals surface area contributed by atoms with E-state index in [1.807, 2.05) is 30.3 Å². The average Bonchev–Trinajstić information content (AvgIpc) is 3.29. The van der Waals surface area contributed by atoms with Crippen molar-refractivity contribution in [2.45, 2.75) is 6.04 Å². The van der Waals surface area contributed by atoms with Crippen LogP contribution in [0, 0.1) is 5.82 Å². The van der Waals surface area contributed by atoms with Gasteiger partial charge in [0, 0.05) is 23.2 Å². The SMILES string of the molecule is O=C(Nc1nccs1)C(c1ccccc1)n1cc2ccc(Br)c(F)c2n1. The normalized spacial score (nSPS) is 12.2. The number of hydrogen-bond acceptors (Lipinski definition) is 4. The van der Waals surface area contributed by atoms with E-state index in [-0.39, 0.29) is 11.4 Å². The lowest BCUT2D eigenvalue weighted by molar-refractivity contribution is -0.118. The number of halogens is 2. The van der Waals surface area contributed by atoms with E-state index < -0.39 is 11.9 Å². The Morgan fingerprint density at radius 1 is 1.23 bits per heavy atom. The van der Waals surface area contributed by atoms with Gasteiger partial charge in [0.1, 0.15) is 5.52 Å². The van der Waals surface area contributed by atoms with Crippen molar-refractivity contribution in [2.75, 3.05) is 5.32 Å². The summed E-state index contributed by atoms with van der Waals surface area (Å²) in [5.41, 5.74) is 0.955. The summed E-state index contributed by atoms with van der Waals surface area (Å²) in [7, 11) is 0. The number of fused-ring (bicyclic) bond motifs is 1. The van der Waals surface area contributed by atoms with Gasteiger partial charge in [0.2, 0.25) is 0 Å². The van der Waals surface area contributed by atoms with E-state index in [9.17, 15) is 9.18 Å². The summed E-state index contributed by atoms with van der Waals surface area (Å²) < 4.78 is 16.2. The van der Waals surface area contributed by atoms with E-state index in [0.717, 1.165) is 5.56 Å². The molecule has 0 spiro atoms. The quantitative estimate of drug-likeness (QED) is 0.513. The lowest BCUT2D eigenvalue weighted by Crippen LogP contribution is -2.27. The maximum Gasteiger partial charge on any atom is 0.255 e. The summed E-state index contributed by atoms with van der Waals surface area (Å²) in [6.07, 6.45) is 3.29. The van der Waals surface area contributed by atoms with Gasteiger partial charge in [-0.3, -0.25) is 14.8 Å². The highest BCUT2D eigenvalue weighted by molar-refractivity contribution is 9.10. The van der Waals surface area contributed by atoms with E-state index in [2.05, 4.69) is 31.3 Å². The van der Waals surface area contributed by atoms with E-state index >= 15 is 0 Å². The van der Waals surface area contributed by atoms with Gasteiger partial charge in [0.15, 0.2) is 17.0 Å². The zero-order chi connectivity index (χ0) is 18.1. The van der Waals surface area contributed by atoms with Crippen LogP contribution in [0.1, 0.15) is 11.6 Å². The summed E-state index contributed by atoms with van der Waals surface area (Å²) >= 11 is 4.50. The molecule has 26 heavy (non-hydrogen) atoms. The summed E-state index contributed by atoms with van der Waals surface area (Å²) in [4.78, 5) is 17.0. The highest BCUT2D eigenvalue weighted by Gasteiger charge is 2.25. The van der Waals surface area contributed by atoms with Crippen LogP contribution in [-0.2, 0) is 4.79 Å². The maximum absolute atomic E-state index is 14.4. The van der Waals surface area contributed by atoms with Crippen LogP contribution >= 0.6 is 27.3 Å². The third-order valence-electron chi connectivity index (χ3n) is 3.88. The van der Waals surface area contributed by atoms with E-state index in [1.54, 1.807) is 29.9 Å². The second-order valence-corrected chi connectivity index (χ2v) is 7.30. The van der Waals surface area contributed by atoms with Crippen molar-refractivity contribution in [3.63, 3.8) is 0 Å². The third kappa shape index (κ3) is 3.13. The van der Waals surface area contributed by atoms with Crippen molar-refractivity contribution in [3.05, 3.63) is 76.1 Å². The molecule has 5 nitrogen and oxygen atoms in total. The van der Waals surface area contributed by atoms with E-state index in [1.165, 1.54) is 16.0 Å². The van der Waals surface area contributed by atoms with Crippen molar-refractivity contribution in [1.29, 1.82) is 0 Å². The summed E-state index contributed by atoms with van der Waals surface area (Å²) in [5.74, 6) is -0.744. The number of carbonyl (C=O) groups excluding carboxylic acids is 1. The van der Waals surface area contributed by atoms with Crippen LogP contribution in [0.3, 0.4) is 0 Å². The number of rotatable bonds is 4. The molecule has 0 aliphatic carbocycles. The Kier molecular flexibility index (Phi) is 4.52. The molecule has 4 rings (SSSR count). The highest BCUT2D eigenvalue weighted by atomic mass is 79.9. The topological polar surface area (TPSA) is 59.8 Å². The van der Waals surface area contributed by atoms with Crippen molar-refractivity contribution in [3.8, 4) is 0 Å². The summed E-state index contributed by atoms with van der Waals surface area (Å²) in [5, 5.41) is 10.0. The molecule has 0 saturated carbocycles. The molecule has 1 atom stereocenters. The molecule has 2 aromatic heterocycles. The fourth-order valence-electron chi connectivity index (χ4n) is 2.70. The first-order valence-electron chi connectivity index (χ1n) is 7.71. The monoisotopic (exact) mass is 430 g/mol. The van der Waals surface area contributed by atoms with Crippen LogP contribution in [-0.4, -0.2) is 20.7 Å². The second kappa shape index (κ2) is 6.97. The lowest BCUT2D eigenvalue weighted by Gasteiger charge is -2.17. The average molecular weight is 431 g/mol. The standard InChI is InChI=1S/C18H12BrFN4OS/c19-13-7-6-12-10-24(23-15(12)14(13)20)16(11-4-2-1-3-5-11)17(25)22-18-21-8-9-26-18/h1-10,16H,(H,21,22,25). The van der Waals surface area contributed by atoms with Crippen LogP contribution in [0.4, 0.5) is 9.52 Å². The van der Waals surface area contributed by atoms with Crippen LogP contribution in [0.2, 0.25) is 0 Å². The minimum absolute atomic E-state index is 0.211. The molecule has 1 N–H and O–H groups in total. The number of benzene rings is 2. The molecular formula is C18H12BrFN4OS. The molecule has 0 radical (unpaired) electrons. The number of amides is 1. The molecule has 1 amide bonds. The number of anilines is 1. The van der Waals surface area contributed by atoms with Gasteiger partial charge in [-0.05, 0) is 33.6 Å². The van der Waals surface area contributed by atoms with E-state index in [0.29, 0.717) is 15.0 Å². The molecule has 2 aromatic carbocycles. The first-order chi connectivity index (χ1) is 12.6. The van der Waals surface area contributed by atoms with Crippen LogP contribution in [0.15, 0.2) is 64.7 Å². The number of thiazole rings is 1. The Morgan fingerprint density at radius 3 is 2.77 bits per heavy atom. The molecular weight excluding hydrogens is 419 g/mol. The zero-order valence-corrected chi connectivity index (χ0v) is 15.7. The highest BCUT2D eigenvalue weighted by Crippen LogP contribution is 2.27. The van der Waals surface area contributed by atoms with Gasteiger partial charge in [0.05, 0.1) is 4.47 Å². The number of hydrogen-bond donors (Lipinski definition) is 1. The van der Waals surface area contributed by atoms with Gasteiger partial charge in [-0.15, -0.1) is 11.3 Å². The number of aromatic nitrogens is 3. The Labute approximate surface area is 160 Å². The van der Waals surface area contributed by atoms with Crippen molar-refractivity contribution in [2.24, 2.45) is 0 Å². The maximum atomic E-state index is 14.4. The third-order valence-corrected chi connectivity index (χ3v) is 5.18. The molecule has 0 saturated heterocycles. The van der Waals surface area contributed by atoms with Crippen LogP contribution < -0.4 is 5.32 Å². The molecule has 0 fully saturated rings. The lowest BCUT2D eigenvalue weighted by atomic mass is 10.1. The molecule has 1 unspecified atom stereocenters. The van der Waals surface area contributed by atoms with E-state index in [4.69, 9.17) is 0 Å². The predicted molar refractivity (Wildman–Crippen MR) is 103 cm³/mol. The molecule has 0 bridgehead atoms. The fourth-order valence-corrected chi connectivity index (χ4v) is 3.55. The van der Waals surface area contributed by atoms with Gasteiger partial charge in [-0.25, -0.2) is 9.37 Å². The molecule has 130 valence electrons. The molecule has 0 aliphatic rings. The van der Waals surface area contributed by atoms with Gasteiger partial charge in [-0.1, -0.05) is 30.3 Å². The predicted octanol–water partition coefficient (Wildman–Crippen LogP) is 4.62. The Bertz CT molecular complexity index is 1070. The van der Waals surface area contributed by atoms with Gasteiger partial charge in [-0.2, -0.15) is 5.10 Å². The van der Waals surface area contributed by atoms with Gasteiger partial charge >= 0.3 is 0 Å².